The first-order valence-corrected chi connectivity index (χ1v) is 10.0. The number of benzene rings is 2. The van der Waals surface area contributed by atoms with Crippen LogP contribution in [-0.2, 0) is 9.59 Å². The maximum atomic E-state index is 13.4. The molecule has 1 saturated heterocycles. The molecule has 0 spiro atoms. The summed E-state index contributed by atoms with van der Waals surface area (Å²) in [4.78, 5) is 31.4. The van der Waals surface area contributed by atoms with Gasteiger partial charge >= 0.3 is 5.91 Å². The van der Waals surface area contributed by atoms with Crippen molar-refractivity contribution in [2.24, 2.45) is 0 Å². The van der Waals surface area contributed by atoms with E-state index in [1.807, 2.05) is 0 Å². The van der Waals surface area contributed by atoms with Gasteiger partial charge in [0, 0.05) is 17.1 Å². The largest absolute Gasteiger partial charge is 0.507 e. The van der Waals surface area contributed by atoms with Crippen LogP contribution in [0.2, 0.25) is 0 Å². The van der Waals surface area contributed by atoms with E-state index in [-0.39, 0.29) is 11.1 Å². The second kappa shape index (κ2) is 8.19. The topological polar surface area (TPSA) is 89.0 Å². The molecule has 2 heterocycles. The van der Waals surface area contributed by atoms with E-state index in [4.69, 9.17) is 9.47 Å². The Morgan fingerprint density at radius 1 is 1.10 bits per heavy atom. The van der Waals surface area contributed by atoms with Crippen molar-refractivity contribution in [1.82, 2.24) is 4.98 Å². The smallest absolute Gasteiger partial charge is 0.301 e. The normalized spacial score (nSPS) is 17.8. The summed E-state index contributed by atoms with van der Waals surface area (Å²) in [6, 6.07) is 9.00. The first-order chi connectivity index (χ1) is 15.0. The lowest BCUT2D eigenvalue weighted by molar-refractivity contribution is -0.132. The Kier molecular flexibility index (Phi) is 5.43. The van der Waals surface area contributed by atoms with E-state index in [1.54, 1.807) is 23.6 Å². The molecule has 1 aliphatic heterocycles. The number of anilines is 1. The van der Waals surface area contributed by atoms with Gasteiger partial charge in [0.1, 0.15) is 11.6 Å². The summed E-state index contributed by atoms with van der Waals surface area (Å²) in [5, 5.41) is 12.9. The zero-order valence-electron chi connectivity index (χ0n) is 16.5. The van der Waals surface area contributed by atoms with E-state index in [9.17, 15) is 19.1 Å². The van der Waals surface area contributed by atoms with Gasteiger partial charge in [-0.1, -0.05) is 6.07 Å². The molecule has 0 bridgehead atoms. The van der Waals surface area contributed by atoms with Crippen molar-refractivity contribution in [2.75, 3.05) is 19.1 Å². The van der Waals surface area contributed by atoms with Crippen LogP contribution in [0.5, 0.6) is 11.5 Å². The van der Waals surface area contributed by atoms with Crippen LogP contribution in [0.1, 0.15) is 17.2 Å². The van der Waals surface area contributed by atoms with Crippen LogP contribution >= 0.6 is 11.3 Å². The maximum Gasteiger partial charge on any atom is 0.301 e. The Morgan fingerprint density at radius 2 is 1.81 bits per heavy atom. The van der Waals surface area contributed by atoms with Crippen LogP contribution in [-0.4, -0.2) is 36.0 Å². The molecule has 1 aliphatic rings. The van der Waals surface area contributed by atoms with E-state index in [2.05, 4.69) is 4.98 Å². The summed E-state index contributed by atoms with van der Waals surface area (Å²) in [5.74, 6) is -1.72. The third-order valence-corrected chi connectivity index (χ3v) is 5.68. The van der Waals surface area contributed by atoms with Crippen molar-refractivity contribution in [3.05, 3.63) is 76.6 Å². The summed E-state index contributed by atoms with van der Waals surface area (Å²) in [7, 11) is 2.96. The van der Waals surface area contributed by atoms with Crippen molar-refractivity contribution in [3.8, 4) is 11.5 Å². The van der Waals surface area contributed by atoms with Crippen LogP contribution < -0.4 is 14.4 Å². The fourth-order valence-electron chi connectivity index (χ4n) is 3.47. The number of amides is 1. The Morgan fingerprint density at radius 3 is 2.42 bits per heavy atom. The molecule has 1 N–H and O–H groups in total. The minimum Gasteiger partial charge on any atom is -0.507 e. The number of ether oxygens (including phenoxy) is 2. The molecule has 1 fully saturated rings. The Hall–Kier alpha value is -3.72. The molecule has 0 saturated carbocycles. The van der Waals surface area contributed by atoms with E-state index in [0.29, 0.717) is 22.2 Å². The van der Waals surface area contributed by atoms with Crippen LogP contribution in [0.4, 0.5) is 9.52 Å². The molecule has 1 aromatic heterocycles. The van der Waals surface area contributed by atoms with E-state index in [0.717, 1.165) is 12.1 Å². The highest BCUT2D eigenvalue weighted by Crippen LogP contribution is 2.44. The number of hydrogen-bond donors (Lipinski definition) is 1. The SMILES string of the molecule is COc1ccc([C@@H]2C(=C(O)c3ccc(F)cc3)C(=O)C(=O)N2c2nccs2)cc1OC. The molecule has 0 aliphatic carbocycles. The molecular weight excluding hydrogens is 423 g/mol. The average molecular weight is 440 g/mol. The average Bonchev–Trinajstić information content (AvgIpc) is 3.40. The van der Waals surface area contributed by atoms with E-state index in [1.165, 1.54) is 48.8 Å². The number of methoxy groups -OCH3 is 2. The van der Waals surface area contributed by atoms with Gasteiger partial charge in [0.2, 0.25) is 0 Å². The molecule has 0 unspecified atom stereocenters. The molecule has 31 heavy (non-hydrogen) atoms. The fourth-order valence-corrected chi connectivity index (χ4v) is 4.13. The number of nitrogens with zero attached hydrogens (tertiary/aromatic N) is 2. The van der Waals surface area contributed by atoms with Crippen LogP contribution in [0.15, 0.2) is 59.6 Å². The predicted molar refractivity (Wildman–Crippen MR) is 113 cm³/mol. The molecule has 158 valence electrons. The Balaban J connectivity index is 1.94. The lowest BCUT2D eigenvalue weighted by Crippen LogP contribution is -2.29. The number of ketones is 1. The van der Waals surface area contributed by atoms with Gasteiger partial charge < -0.3 is 14.6 Å². The molecule has 1 atom stereocenters. The standard InChI is InChI=1S/C22H17FN2O5S/c1-29-15-8-5-13(11-16(15)30-2)18-17(19(26)12-3-6-14(23)7-4-12)20(27)21(28)25(18)22-24-9-10-31-22/h3-11,18,26H,1-2H3/t18-/m1/s1. The van der Waals surface area contributed by atoms with Crippen molar-refractivity contribution < 1.29 is 28.6 Å². The van der Waals surface area contributed by atoms with Gasteiger partial charge in [-0.15, -0.1) is 11.3 Å². The summed E-state index contributed by atoms with van der Waals surface area (Å²) in [6.45, 7) is 0. The Bertz CT molecular complexity index is 1180. The zero-order valence-corrected chi connectivity index (χ0v) is 17.4. The summed E-state index contributed by atoms with van der Waals surface area (Å²) < 4.78 is 24.0. The molecule has 9 heteroatoms. The van der Waals surface area contributed by atoms with Gasteiger partial charge in [-0.3, -0.25) is 14.5 Å². The van der Waals surface area contributed by atoms with E-state index < -0.39 is 29.3 Å². The maximum absolute atomic E-state index is 13.4. The molecule has 3 aromatic rings. The van der Waals surface area contributed by atoms with Crippen molar-refractivity contribution >= 4 is 33.9 Å². The number of Topliss-reactive ketones (excluding diaryl/α,β-unsaturated/α-hetero) is 1. The number of halogens is 1. The van der Waals surface area contributed by atoms with Gasteiger partial charge in [-0.25, -0.2) is 9.37 Å². The highest BCUT2D eigenvalue weighted by atomic mass is 32.1. The number of carbonyl (C=O) groups is 2. The zero-order chi connectivity index (χ0) is 22.1. The molecule has 1 amide bonds. The second-order valence-corrected chi connectivity index (χ2v) is 7.48. The highest BCUT2D eigenvalue weighted by molar-refractivity contribution is 7.14. The first-order valence-electron chi connectivity index (χ1n) is 9.14. The van der Waals surface area contributed by atoms with Gasteiger partial charge in [-0.2, -0.15) is 0 Å². The first kappa shape index (κ1) is 20.5. The van der Waals surface area contributed by atoms with Crippen LogP contribution in [0.3, 0.4) is 0 Å². The van der Waals surface area contributed by atoms with Crippen molar-refractivity contribution in [2.45, 2.75) is 6.04 Å². The monoisotopic (exact) mass is 440 g/mol. The Labute approximate surface area is 181 Å². The predicted octanol–water partition coefficient (Wildman–Crippen LogP) is 3.93. The number of aliphatic hydroxyl groups excluding tert-OH is 1. The molecule has 2 aromatic carbocycles. The summed E-state index contributed by atoms with van der Waals surface area (Å²) >= 11 is 1.19. The fraction of sp³-hybridized carbons (Fsp3) is 0.136. The minimum atomic E-state index is -0.962. The highest BCUT2D eigenvalue weighted by Gasteiger charge is 2.48. The molecule has 7 nitrogen and oxygen atoms in total. The molecule has 0 radical (unpaired) electrons. The lowest BCUT2D eigenvalue weighted by Gasteiger charge is -2.23. The van der Waals surface area contributed by atoms with Gasteiger partial charge in [-0.05, 0) is 42.0 Å². The van der Waals surface area contributed by atoms with Gasteiger partial charge in [0.05, 0.1) is 25.8 Å². The lowest BCUT2D eigenvalue weighted by atomic mass is 9.95. The van der Waals surface area contributed by atoms with Gasteiger partial charge in [0.15, 0.2) is 16.6 Å². The van der Waals surface area contributed by atoms with Gasteiger partial charge in [0.25, 0.3) is 5.78 Å². The van der Waals surface area contributed by atoms with Crippen LogP contribution in [0, 0.1) is 5.82 Å². The summed E-state index contributed by atoms with van der Waals surface area (Å²) in [6.07, 6.45) is 1.52. The third kappa shape index (κ3) is 3.53. The molecular formula is C22H17FN2O5S. The number of aliphatic hydroxyl groups is 1. The van der Waals surface area contributed by atoms with Crippen molar-refractivity contribution in [3.63, 3.8) is 0 Å². The number of carbonyl (C=O) groups excluding carboxylic acids is 2. The third-order valence-electron chi connectivity index (χ3n) is 4.91. The number of hydrogen-bond acceptors (Lipinski definition) is 7. The number of rotatable bonds is 5. The number of aromatic nitrogens is 1. The quantitative estimate of drug-likeness (QED) is 0.367. The summed E-state index contributed by atoms with van der Waals surface area (Å²) in [5.41, 5.74) is 0.596. The second-order valence-electron chi connectivity index (χ2n) is 6.61. The molecule has 4 rings (SSSR count). The number of thiazole rings is 1. The van der Waals surface area contributed by atoms with Crippen molar-refractivity contribution in [1.29, 1.82) is 0 Å². The van der Waals surface area contributed by atoms with Crippen LogP contribution in [0.25, 0.3) is 5.76 Å². The van der Waals surface area contributed by atoms with E-state index >= 15 is 0 Å². The minimum absolute atomic E-state index is 0.126.